The van der Waals surface area contributed by atoms with Crippen molar-refractivity contribution in [3.8, 4) is 0 Å². The van der Waals surface area contributed by atoms with Gasteiger partial charge >= 0.3 is 33.3 Å². The number of hydrogen-bond acceptors (Lipinski definition) is 15. The topological polar surface area (TPSA) is 265 Å². The fourth-order valence-electron chi connectivity index (χ4n) is 7.47. The minimum Gasteiger partial charge on any atom is -0.462 e. The van der Waals surface area contributed by atoms with E-state index >= 15 is 0 Å². The molecule has 2 rings (SSSR count). The number of hydrogen-bond donors (Lipinski definition) is 5. The van der Waals surface area contributed by atoms with Crippen LogP contribution in [0.2, 0.25) is 0 Å². The number of carbonyl (C=O) groups excluding carboxylic acids is 2. The van der Waals surface area contributed by atoms with Gasteiger partial charge in [0.15, 0.2) is 12.3 Å². The zero-order chi connectivity index (χ0) is 48.1. The fraction of sp³-hybridized carbons (Fsp3) is 0.867. The van der Waals surface area contributed by atoms with Crippen LogP contribution < -0.4 is 11.4 Å². The van der Waals surface area contributed by atoms with Crippen LogP contribution in [0.25, 0.3) is 0 Å². The van der Waals surface area contributed by atoms with Gasteiger partial charge in [0, 0.05) is 19.0 Å². The number of aliphatic hydroxyl groups excluding tert-OH is 2. The normalized spacial score (nSPS) is 20.3. The number of unbranched alkanes of at least 4 members (excludes halogenated alkanes) is 18. The maximum Gasteiger partial charge on any atom is 0.481 e. The van der Waals surface area contributed by atoms with Gasteiger partial charge in [-0.05, 0) is 30.7 Å². The van der Waals surface area contributed by atoms with Gasteiger partial charge in [-0.3, -0.25) is 23.2 Å². The number of nitrogens with zero attached hydrogens (tertiary/aromatic N) is 2. The van der Waals surface area contributed by atoms with Gasteiger partial charge in [0.25, 0.3) is 0 Å². The van der Waals surface area contributed by atoms with Crippen molar-refractivity contribution in [3.05, 3.63) is 22.7 Å². The van der Waals surface area contributed by atoms with Gasteiger partial charge in [-0.15, -0.1) is 0 Å². The van der Waals surface area contributed by atoms with E-state index in [0.717, 1.165) is 67.8 Å². The Kier molecular flexibility index (Phi) is 30.2. The fourth-order valence-corrected chi connectivity index (χ4v) is 9.58. The van der Waals surface area contributed by atoms with Crippen molar-refractivity contribution in [2.24, 2.45) is 11.8 Å². The molecular formula is C45H83N3O15P2. The Labute approximate surface area is 387 Å². The second-order valence-electron chi connectivity index (χ2n) is 18.0. The lowest BCUT2D eigenvalue weighted by molar-refractivity contribution is -0.161. The Morgan fingerprint density at radius 3 is 1.75 bits per heavy atom. The molecule has 0 bridgehead atoms. The predicted octanol–water partition coefficient (Wildman–Crippen LogP) is 9.21. The molecule has 0 saturated carbocycles. The van der Waals surface area contributed by atoms with Crippen molar-refractivity contribution in [2.75, 3.05) is 25.6 Å². The molecule has 1 aliphatic rings. The lowest BCUT2D eigenvalue weighted by Crippen LogP contribution is -2.36. The second kappa shape index (κ2) is 33.3. The maximum atomic E-state index is 12.8. The summed E-state index contributed by atoms with van der Waals surface area (Å²) in [5.41, 5.74) is 4.58. The van der Waals surface area contributed by atoms with Crippen molar-refractivity contribution in [1.29, 1.82) is 0 Å². The second-order valence-corrected chi connectivity index (χ2v) is 21.1. The molecule has 6 N–H and O–H groups in total. The third-order valence-electron chi connectivity index (χ3n) is 11.7. The summed E-state index contributed by atoms with van der Waals surface area (Å²) < 4.78 is 56.7. The van der Waals surface area contributed by atoms with Crippen molar-refractivity contribution >= 4 is 33.4 Å². The van der Waals surface area contributed by atoms with Crippen molar-refractivity contribution in [1.82, 2.24) is 9.55 Å². The summed E-state index contributed by atoms with van der Waals surface area (Å²) in [4.78, 5) is 61.7. The molecule has 1 aromatic heterocycles. The number of nitrogen functional groups attached to an aromatic ring is 1. The standard InChI is InChI=1S/C45H83N3O15P2/c1-5-36(4)27-23-19-16-17-20-24-28-40(49)58-32-37(61-41(50)29-25-21-15-13-11-9-7-6-8-10-12-14-18-22-26-35(2)3)33-59-64(54,55)63-65(56,57)60-34-38-42(51)43(52)44(62-38)48-31-30-39(46)47-45(48)53/h30-31,35-38,42-44,51-52H,5-29,32-34H2,1-4H3,(H,54,55)(H,56,57)(H2,46,47,53)/t36?,37-,38-,42+,43?,44-/m1/s1. The summed E-state index contributed by atoms with van der Waals surface area (Å²) in [6.45, 7) is 6.72. The van der Waals surface area contributed by atoms with E-state index in [1.165, 1.54) is 95.7 Å². The molecule has 1 aliphatic heterocycles. The molecule has 4 unspecified atom stereocenters. The molecule has 1 saturated heterocycles. The van der Waals surface area contributed by atoms with E-state index in [1.807, 2.05) is 0 Å². The highest BCUT2D eigenvalue weighted by molar-refractivity contribution is 7.61. The smallest absolute Gasteiger partial charge is 0.462 e. The molecule has 20 heteroatoms. The minimum atomic E-state index is -5.41. The first-order valence-electron chi connectivity index (χ1n) is 24.3. The number of phosphoric ester groups is 2. The molecule has 1 fully saturated rings. The molecule has 0 aliphatic carbocycles. The first kappa shape index (κ1) is 58.9. The lowest BCUT2D eigenvalue weighted by Gasteiger charge is -2.21. The summed E-state index contributed by atoms with van der Waals surface area (Å²) in [7, 11) is -10.8. The first-order valence-corrected chi connectivity index (χ1v) is 27.3. The van der Waals surface area contributed by atoms with Crippen molar-refractivity contribution < 1.29 is 66.3 Å². The van der Waals surface area contributed by atoms with Gasteiger partial charge in [-0.1, -0.05) is 163 Å². The van der Waals surface area contributed by atoms with Crippen molar-refractivity contribution in [3.63, 3.8) is 0 Å². The molecule has 378 valence electrons. The summed E-state index contributed by atoms with van der Waals surface area (Å²) in [6.07, 6.45) is 19.4. The largest absolute Gasteiger partial charge is 0.481 e. The maximum absolute atomic E-state index is 12.8. The van der Waals surface area contributed by atoms with Crippen LogP contribution in [-0.2, 0) is 46.3 Å². The molecule has 8 atom stereocenters. The minimum absolute atomic E-state index is 0.0559. The molecule has 1 aromatic rings. The van der Waals surface area contributed by atoms with Gasteiger partial charge in [0.05, 0.1) is 13.2 Å². The summed E-state index contributed by atoms with van der Waals surface area (Å²) in [5, 5.41) is 20.9. The van der Waals surface area contributed by atoms with E-state index in [2.05, 4.69) is 37.0 Å². The highest BCUT2D eigenvalue weighted by Crippen LogP contribution is 2.60. The van der Waals surface area contributed by atoms with Gasteiger partial charge in [-0.2, -0.15) is 9.29 Å². The van der Waals surface area contributed by atoms with Crippen LogP contribution in [0, 0.1) is 11.8 Å². The van der Waals surface area contributed by atoms with Crippen LogP contribution in [0.4, 0.5) is 5.82 Å². The Bertz CT molecular complexity index is 1620. The van der Waals surface area contributed by atoms with Gasteiger partial charge in [0.2, 0.25) is 0 Å². The Balaban J connectivity index is 1.80. The first-order chi connectivity index (χ1) is 30.9. The third-order valence-corrected chi connectivity index (χ3v) is 14.3. The molecule has 2 heterocycles. The monoisotopic (exact) mass is 968 g/mol. The number of anilines is 1. The van der Waals surface area contributed by atoms with E-state index in [-0.39, 0.29) is 18.7 Å². The molecular weight excluding hydrogens is 884 g/mol. The number of aromatic nitrogens is 2. The summed E-state index contributed by atoms with van der Waals surface area (Å²) in [6, 6.07) is 1.25. The Hall–Kier alpha value is -2.24. The zero-order valence-electron chi connectivity index (χ0n) is 39.6. The van der Waals surface area contributed by atoms with Gasteiger partial charge < -0.3 is 39.9 Å². The molecule has 0 amide bonds. The number of esters is 2. The van der Waals surface area contributed by atoms with E-state index in [1.54, 1.807) is 0 Å². The van der Waals surface area contributed by atoms with Gasteiger partial charge in [0.1, 0.15) is 30.7 Å². The Morgan fingerprint density at radius 1 is 0.738 bits per heavy atom. The van der Waals surface area contributed by atoms with E-state index < -0.39 is 83.7 Å². The number of carbonyl (C=O) groups is 2. The summed E-state index contributed by atoms with van der Waals surface area (Å²) in [5.74, 6) is 0.233. The SMILES string of the molecule is CCC(C)CCCCCCCCC(=O)OC[C@H](COP(=O)(O)OP(=O)(O)OC[C@H]1O[C@@H](n2ccc(N)nc2=O)C(O)[C@H]1O)OC(=O)CCCCCCCCCCCCCCCCC(C)C. The highest BCUT2D eigenvalue weighted by atomic mass is 31.3. The number of nitrogens with two attached hydrogens (primary N) is 1. The van der Waals surface area contributed by atoms with E-state index in [0.29, 0.717) is 12.8 Å². The number of aliphatic hydroxyl groups is 2. The predicted molar refractivity (Wildman–Crippen MR) is 247 cm³/mol. The van der Waals surface area contributed by atoms with Crippen LogP contribution in [0.5, 0.6) is 0 Å². The summed E-state index contributed by atoms with van der Waals surface area (Å²) >= 11 is 0. The Morgan fingerprint density at radius 2 is 1.23 bits per heavy atom. The van der Waals surface area contributed by atoms with Crippen LogP contribution in [0.1, 0.15) is 194 Å². The zero-order valence-corrected chi connectivity index (χ0v) is 41.4. The third kappa shape index (κ3) is 27.4. The lowest BCUT2D eigenvalue weighted by atomic mass is 10.00. The van der Waals surface area contributed by atoms with Crippen LogP contribution in [0.3, 0.4) is 0 Å². The molecule has 18 nitrogen and oxygen atoms in total. The number of rotatable bonds is 39. The molecule has 0 radical (unpaired) electrons. The molecule has 0 aromatic carbocycles. The average molecular weight is 968 g/mol. The number of ether oxygens (including phenoxy) is 3. The van der Waals surface area contributed by atoms with Crippen LogP contribution in [-0.4, -0.2) is 85.7 Å². The van der Waals surface area contributed by atoms with E-state index in [4.69, 9.17) is 29.0 Å². The van der Waals surface area contributed by atoms with Gasteiger partial charge in [-0.25, -0.2) is 13.9 Å². The van der Waals surface area contributed by atoms with Crippen LogP contribution in [0.15, 0.2) is 17.1 Å². The van der Waals surface area contributed by atoms with Crippen molar-refractivity contribution in [2.45, 2.75) is 219 Å². The van der Waals surface area contributed by atoms with E-state index in [9.17, 15) is 43.5 Å². The average Bonchev–Trinajstić information content (AvgIpc) is 3.52. The molecule has 0 spiro atoms. The van der Waals surface area contributed by atoms with Crippen LogP contribution >= 0.6 is 15.6 Å². The molecule has 65 heavy (non-hydrogen) atoms. The number of phosphoric acid groups is 2. The quantitative estimate of drug-likeness (QED) is 0.0234. The highest BCUT2D eigenvalue weighted by Gasteiger charge is 2.46.